The van der Waals surface area contributed by atoms with Crippen LogP contribution in [-0.4, -0.2) is 44.6 Å². The average Bonchev–Trinajstić information content (AvgIpc) is 2.68. The number of amides is 1. The van der Waals surface area contributed by atoms with Gasteiger partial charge in [-0.05, 0) is 25.2 Å². The van der Waals surface area contributed by atoms with Gasteiger partial charge in [-0.1, -0.05) is 26.2 Å². The monoisotopic (exact) mass is 325 g/mol. The third kappa shape index (κ3) is 4.84. The molecule has 0 aromatic carbocycles. The molecule has 130 valence electrons. The van der Waals surface area contributed by atoms with Gasteiger partial charge in [0.05, 0.1) is 6.61 Å². The molecule has 1 N–H and O–H groups in total. The second-order valence-corrected chi connectivity index (χ2v) is 5.78. The number of carbonyl (C=O) groups is 1. The van der Waals surface area contributed by atoms with Crippen molar-refractivity contribution in [3.8, 4) is 0 Å². The van der Waals surface area contributed by atoms with Crippen molar-refractivity contribution >= 4 is 5.91 Å². The van der Waals surface area contributed by atoms with Crippen LogP contribution in [0.3, 0.4) is 0 Å². The molecule has 0 aromatic heterocycles. The average molecular weight is 325 g/mol. The van der Waals surface area contributed by atoms with Crippen molar-refractivity contribution in [3.05, 3.63) is 0 Å². The minimum Gasteiger partial charge on any atom is -0.383 e. The molecule has 22 heavy (non-hydrogen) atoms. The first-order valence-corrected chi connectivity index (χ1v) is 7.85. The lowest BCUT2D eigenvalue weighted by Gasteiger charge is -2.34. The molecule has 0 bridgehead atoms. The van der Waals surface area contributed by atoms with Crippen LogP contribution in [0.15, 0.2) is 0 Å². The summed E-state index contributed by atoms with van der Waals surface area (Å²) < 4.78 is 50.7. The predicted octanol–water partition coefficient (Wildman–Crippen LogP) is 3.06. The number of ether oxygens (including phenoxy) is 2. The van der Waals surface area contributed by atoms with E-state index in [4.69, 9.17) is 9.47 Å². The number of hydrogen-bond acceptors (Lipinski definition) is 3. The predicted molar refractivity (Wildman–Crippen MR) is 76.5 cm³/mol. The molecule has 0 unspecified atom stereocenters. The Morgan fingerprint density at radius 3 is 2.77 bits per heavy atom. The minimum atomic E-state index is -4.72. The van der Waals surface area contributed by atoms with Crippen LogP contribution in [-0.2, 0) is 14.3 Å². The van der Waals surface area contributed by atoms with Gasteiger partial charge in [-0.25, -0.2) is 0 Å². The van der Waals surface area contributed by atoms with Gasteiger partial charge in [0.15, 0.2) is 0 Å². The Balaban J connectivity index is 2.90. The van der Waals surface area contributed by atoms with E-state index in [1.165, 1.54) is 7.11 Å². The number of nitrogens with one attached hydrogen (secondary N) is 1. The standard InChI is InChI=1S/C15H26F3NO3/c1-3-4-6-12-7-5-9-22-14(11-12,15(16,17)18)13(20)19-8-10-21-2/h12H,3-11H2,1-2H3,(H,19,20)/t12-,14+/m1/s1. The van der Waals surface area contributed by atoms with E-state index >= 15 is 0 Å². The lowest BCUT2D eigenvalue weighted by atomic mass is 9.84. The van der Waals surface area contributed by atoms with E-state index in [2.05, 4.69) is 5.32 Å². The number of alkyl halides is 3. The molecule has 1 heterocycles. The number of unbranched alkanes of at least 4 members (excludes halogenated alkanes) is 1. The summed E-state index contributed by atoms with van der Waals surface area (Å²) in [6, 6.07) is 0. The third-order valence-corrected chi connectivity index (χ3v) is 4.06. The summed E-state index contributed by atoms with van der Waals surface area (Å²) in [7, 11) is 1.43. The zero-order valence-corrected chi connectivity index (χ0v) is 13.3. The maximum Gasteiger partial charge on any atom is 0.426 e. The molecule has 1 rings (SSSR count). The number of carbonyl (C=O) groups excluding carboxylic acids is 1. The molecule has 0 spiro atoms. The summed E-state index contributed by atoms with van der Waals surface area (Å²) in [5.41, 5.74) is -2.73. The highest BCUT2D eigenvalue weighted by atomic mass is 19.4. The molecule has 0 saturated carbocycles. The highest BCUT2D eigenvalue weighted by Gasteiger charge is 2.62. The van der Waals surface area contributed by atoms with Gasteiger partial charge in [-0.3, -0.25) is 4.79 Å². The lowest BCUT2D eigenvalue weighted by Crippen LogP contribution is -2.59. The molecule has 4 nitrogen and oxygen atoms in total. The van der Waals surface area contributed by atoms with Gasteiger partial charge in [-0.2, -0.15) is 13.2 Å². The van der Waals surface area contributed by atoms with Crippen LogP contribution in [0.1, 0.15) is 45.4 Å². The quantitative estimate of drug-likeness (QED) is 0.732. The molecule has 1 aliphatic rings. The van der Waals surface area contributed by atoms with Gasteiger partial charge in [0.1, 0.15) is 0 Å². The van der Waals surface area contributed by atoms with Crippen molar-refractivity contribution in [1.29, 1.82) is 0 Å². The van der Waals surface area contributed by atoms with Crippen molar-refractivity contribution in [2.75, 3.05) is 26.9 Å². The first-order chi connectivity index (χ1) is 10.4. The Bertz CT molecular complexity index is 349. The van der Waals surface area contributed by atoms with Crippen LogP contribution in [0, 0.1) is 5.92 Å². The number of halogens is 3. The van der Waals surface area contributed by atoms with Crippen LogP contribution in [0.25, 0.3) is 0 Å². The van der Waals surface area contributed by atoms with Crippen LogP contribution in [0.4, 0.5) is 13.2 Å². The van der Waals surface area contributed by atoms with E-state index in [1.807, 2.05) is 6.92 Å². The van der Waals surface area contributed by atoms with Gasteiger partial charge >= 0.3 is 6.18 Å². The Labute approximate surface area is 129 Å². The van der Waals surface area contributed by atoms with E-state index in [-0.39, 0.29) is 32.1 Å². The summed E-state index contributed by atoms with van der Waals surface area (Å²) in [5, 5.41) is 2.30. The summed E-state index contributed by atoms with van der Waals surface area (Å²) in [6.45, 7) is 2.16. The van der Waals surface area contributed by atoms with Crippen molar-refractivity contribution in [3.63, 3.8) is 0 Å². The van der Waals surface area contributed by atoms with Gasteiger partial charge < -0.3 is 14.8 Å². The van der Waals surface area contributed by atoms with E-state index < -0.39 is 17.7 Å². The zero-order valence-electron chi connectivity index (χ0n) is 13.3. The summed E-state index contributed by atoms with van der Waals surface area (Å²) in [6.07, 6.45) is -1.31. The largest absolute Gasteiger partial charge is 0.426 e. The first-order valence-electron chi connectivity index (χ1n) is 7.85. The molecule has 1 fully saturated rings. The maximum atomic E-state index is 13.6. The zero-order chi connectivity index (χ0) is 16.6. The smallest absolute Gasteiger partial charge is 0.383 e. The Hall–Kier alpha value is -0.820. The van der Waals surface area contributed by atoms with Crippen molar-refractivity contribution in [2.24, 2.45) is 5.92 Å². The fourth-order valence-corrected chi connectivity index (χ4v) is 2.82. The molecular weight excluding hydrogens is 299 g/mol. The summed E-state index contributed by atoms with van der Waals surface area (Å²) >= 11 is 0. The van der Waals surface area contributed by atoms with E-state index in [1.54, 1.807) is 0 Å². The van der Waals surface area contributed by atoms with E-state index in [0.29, 0.717) is 19.3 Å². The molecular formula is C15H26F3NO3. The Morgan fingerprint density at radius 1 is 1.45 bits per heavy atom. The second kappa shape index (κ2) is 8.72. The molecule has 1 aliphatic heterocycles. The molecule has 1 saturated heterocycles. The molecule has 0 aliphatic carbocycles. The fourth-order valence-electron chi connectivity index (χ4n) is 2.82. The molecule has 2 atom stereocenters. The molecule has 0 radical (unpaired) electrons. The molecule has 7 heteroatoms. The Kier molecular flexibility index (Phi) is 7.62. The lowest BCUT2D eigenvalue weighted by molar-refractivity contribution is -0.269. The van der Waals surface area contributed by atoms with Gasteiger partial charge in [0.2, 0.25) is 5.60 Å². The maximum absolute atomic E-state index is 13.6. The topological polar surface area (TPSA) is 47.6 Å². The minimum absolute atomic E-state index is 0.0378. The molecule has 1 amide bonds. The SMILES string of the molecule is CCCC[C@@H]1CCCO[C@@](C(=O)NCCOC)(C(F)(F)F)C1. The second-order valence-electron chi connectivity index (χ2n) is 5.78. The summed E-state index contributed by atoms with van der Waals surface area (Å²) in [4.78, 5) is 12.2. The highest BCUT2D eigenvalue weighted by Crippen LogP contribution is 2.42. The first kappa shape index (κ1) is 19.2. The van der Waals surface area contributed by atoms with E-state index in [0.717, 1.165) is 12.8 Å². The molecule has 0 aromatic rings. The number of rotatable bonds is 7. The Morgan fingerprint density at radius 2 is 2.18 bits per heavy atom. The third-order valence-electron chi connectivity index (χ3n) is 4.06. The van der Waals surface area contributed by atoms with Crippen LogP contribution in [0.2, 0.25) is 0 Å². The van der Waals surface area contributed by atoms with E-state index in [9.17, 15) is 18.0 Å². The number of hydrogen-bond donors (Lipinski definition) is 1. The summed E-state index contributed by atoms with van der Waals surface area (Å²) in [5.74, 6) is -1.24. The van der Waals surface area contributed by atoms with Gasteiger partial charge in [0.25, 0.3) is 5.91 Å². The van der Waals surface area contributed by atoms with Crippen LogP contribution < -0.4 is 5.32 Å². The normalized spacial score (nSPS) is 26.5. The fraction of sp³-hybridized carbons (Fsp3) is 0.933. The van der Waals surface area contributed by atoms with Gasteiger partial charge in [-0.15, -0.1) is 0 Å². The number of methoxy groups -OCH3 is 1. The van der Waals surface area contributed by atoms with Crippen LogP contribution in [0.5, 0.6) is 0 Å². The van der Waals surface area contributed by atoms with Gasteiger partial charge in [0, 0.05) is 20.3 Å². The highest BCUT2D eigenvalue weighted by molar-refractivity contribution is 5.86. The van der Waals surface area contributed by atoms with Crippen molar-refractivity contribution < 1.29 is 27.4 Å². The van der Waals surface area contributed by atoms with Crippen LogP contribution >= 0.6 is 0 Å². The van der Waals surface area contributed by atoms with Crippen molar-refractivity contribution in [2.45, 2.75) is 57.2 Å². The van der Waals surface area contributed by atoms with Crippen molar-refractivity contribution in [1.82, 2.24) is 5.32 Å².